The van der Waals surface area contributed by atoms with Gasteiger partial charge >= 0.3 is 5.97 Å². The molecule has 1 heterocycles. The number of amides is 1. The number of rotatable bonds is 2. The van der Waals surface area contributed by atoms with E-state index in [1.54, 1.807) is 0 Å². The fraction of sp³-hybridized carbons (Fsp3) is 0.500. The molecule has 0 bridgehead atoms. The van der Waals surface area contributed by atoms with Crippen molar-refractivity contribution in [2.75, 3.05) is 0 Å². The molecule has 1 aliphatic heterocycles. The van der Waals surface area contributed by atoms with Crippen LogP contribution in [-0.4, -0.2) is 34.0 Å². The Bertz CT molecular complexity index is 621. The number of benzene rings is 1. The molecule has 1 aromatic rings. The Kier molecular flexibility index (Phi) is 4.21. The summed E-state index contributed by atoms with van der Waals surface area (Å²) < 4.78 is 14.0. The predicted octanol–water partition coefficient (Wildman–Crippen LogP) is 3.45. The molecule has 1 saturated heterocycles. The summed E-state index contributed by atoms with van der Waals surface area (Å²) in [5.74, 6) is -1.62. The summed E-state index contributed by atoms with van der Waals surface area (Å²) >= 11 is 3.06. The number of carboxylic acid groups (broad SMARTS) is 1. The number of nitrogens with zero attached hydrogens (tertiary/aromatic N) is 1. The Morgan fingerprint density at radius 3 is 2.68 bits per heavy atom. The molecule has 118 valence electrons. The summed E-state index contributed by atoms with van der Waals surface area (Å²) in [6.45, 7) is 0. The zero-order valence-electron chi connectivity index (χ0n) is 12.0. The summed E-state index contributed by atoms with van der Waals surface area (Å²) in [6, 6.07) is 3.35. The monoisotopic (exact) mass is 369 g/mol. The van der Waals surface area contributed by atoms with Gasteiger partial charge in [-0.15, -0.1) is 0 Å². The van der Waals surface area contributed by atoms with Crippen molar-refractivity contribution in [3.05, 3.63) is 34.1 Å². The average molecular weight is 370 g/mol. The van der Waals surface area contributed by atoms with Crippen LogP contribution < -0.4 is 0 Å². The Hall–Kier alpha value is -1.43. The molecule has 1 aliphatic carbocycles. The standard InChI is InChI=1S/C16H17BrFNO3/c17-11-6-5-10(7-12(11)18)15(20)19-13-4-2-1-3-9(13)8-14(19)16(21)22/h5-7,9,13-14H,1-4,8H2,(H,21,22). The first-order chi connectivity index (χ1) is 10.5. The molecule has 4 nitrogen and oxygen atoms in total. The number of carbonyl (C=O) groups is 2. The van der Waals surface area contributed by atoms with E-state index in [2.05, 4.69) is 15.9 Å². The van der Waals surface area contributed by atoms with E-state index < -0.39 is 17.8 Å². The molecule has 2 fully saturated rings. The molecule has 2 aliphatic rings. The van der Waals surface area contributed by atoms with Gasteiger partial charge in [0, 0.05) is 11.6 Å². The van der Waals surface area contributed by atoms with Crippen LogP contribution in [0.2, 0.25) is 0 Å². The van der Waals surface area contributed by atoms with Crippen LogP contribution in [0.5, 0.6) is 0 Å². The zero-order valence-corrected chi connectivity index (χ0v) is 13.6. The van der Waals surface area contributed by atoms with E-state index in [1.807, 2.05) is 0 Å². The lowest BCUT2D eigenvalue weighted by atomic mass is 9.84. The van der Waals surface area contributed by atoms with Gasteiger partial charge in [0.1, 0.15) is 11.9 Å². The van der Waals surface area contributed by atoms with E-state index >= 15 is 0 Å². The van der Waals surface area contributed by atoms with E-state index in [0.717, 1.165) is 25.7 Å². The molecule has 1 amide bonds. The van der Waals surface area contributed by atoms with E-state index in [4.69, 9.17) is 0 Å². The maximum atomic E-state index is 13.7. The Balaban J connectivity index is 1.93. The number of likely N-dealkylation sites (tertiary alicyclic amines) is 1. The van der Waals surface area contributed by atoms with Crippen LogP contribution in [0, 0.1) is 11.7 Å². The van der Waals surface area contributed by atoms with Gasteiger partial charge in [-0.3, -0.25) is 4.79 Å². The molecule has 1 saturated carbocycles. The summed E-state index contributed by atoms with van der Waals surface area (Å²) in [6.07, 6.45) is 4.39. The average Bonchev–Trinajstić information content (AvgIpc) is 2.89. The third-order valence-corrected chi connectivity index (χ3v) is 5.42. The minimum Gasteiger partial charge on any atom is -0.480 e. The lowest BCUT2D eigenvalue weighted by Crippen LogP contribution is -2.46. The summed E-state index contributed by atoms with van der Waals surface area (Å²) in [7, 11) is 0. The van der Waals surface area contributed by atoms with Crippen molar-refractivity contribution in [1.29, 1.82) is 0 Å². The number of hydrogen-bond donors (Lipinski definition) is 1. The molecule has 0 radical (unpaired) electrons. The second-order valence-electron chi connectivity index (χ2n) is 6.04. The quantitative estimate of drug-likeness (QED) is 0.868. The Labute approximate surface area is 136 Å². The minimum absolute atomic E-state index is 0.0333. The number of hydrogen-bond acceptors (Lipinski definition) is 2. The SMILES string of the molecule is O=C(O)C1CC2CCCCC2N1C(=O)c1ccc(Br)c(F)c1. The molecule has 3 atom stereocenters. The summed E-state index contributed by atoms with van der Waals surface area (Å²) in [5, 5.41) is 9.45. The lowest BCUT2D eigenvalue weighted by Gasteiger charge is -2.33. The second-order valence-corrected chi connectivity index (χ2v) is 6.90. The molecule has 3 unspecified atom stereocenters. The van der Waals surface area contributed by atoms with Crippen molar-refractivity contribution in [3.63, 3.8) is 0 Å². The predicted molar refractivity (Wildman–Crippen MR) is 82.1 cm³/mol. The van der Waals surface area contributed by atoms with E-state index in [1.165, 1.54) is 23.1 Å². The number of carbonyl (C=O) groups excluding carboxylic acids is 1. The maximum Gasteiger partial charge on any atom is 0.326 e. The normalized spacial score (nSPS) is 27.5. The van der Waals surface area contributed by atoms with Gasteiger partial charge < -0.3 is 10.0 Å². The third kappa shape index (κ3) is 2.64. The first kappa shape index (κ1) is 15.5. The van der Waals surface area contributed by atoms with Crippen molar-refractivity contribution < 1.29 is 19.1 Å². The van der Waals surface area contributed by atoms with Crippen molar-refractivity contribution in [3.8, 4) is 0 Å². The van der Waals surface area contributed by atoms with Gasteiger partial charge in [-0.05, 0) is 59.3 Å². The molecule has 6 heteroatoms. The highest BCUT2D eigenvalue weighted by atomic mass is 79.9. The molecular formula is C16H17BrFNO3. The first-order valence-corrected chi connectivity index (χ1v) is 8.29. The van der Waals surface area contributed by atoms with E-state index in [9.17, 15) is 19.1 Å². The van der Waals surface area contributed by atoms with Crippen molar-refractivity contribution in [1.82, 2.24) is 4.90 Å². The van der Waals surface area contributed by atoms with Gasteiger partial charge in [0.2, 0.25) is 0 Å². The van der Waals surface area contributed by atoms with Crippen LogP contribution >= 0.6 is 15.9 Å². The lowest BCUT2D eigenvalue weighted by molar-refractivity contribution is -0.141. The Morgan fingerprint density at radius 2 is 2.00 bits per heavy atom. The molecule has 0 aromatic heterocycles. The fourth-order valence-electron chi connectivity index (χ4n) is 3.75. The van der Waals surface area contributed by atoms with Crippen LogP contribution in [-0.2, 0) is 4.79 Å². The van der Waals surface area contributed by atoms with Crippen LogP contribution in [0.4, 0.5) is 4.39 Å². The van der Waals surface area contributed by atoms with Crippen molar-refractivity contribution >= 4 is 27.8 Å². The molecule has 1 aromatic carbocycles. The maximum absolute atomic E-state index is 13.7. The largest absolute Gasteiger partial charge is 0.480 e. The highest BCUT2D eigenvalue weighted by molar-refractivity contribution is 9.10. The highest BCUT2D eigenvalue weighted by Gasteiger charge is 2.47. The van der Waals surface area contributed by atoms with Crippen molar-refractivity contribution in [2.45, 2.75) is 44.2 Å². The van der Waals surface area contributed by atoms with Gasteiger partial charge in [-0.1, -0.05) is 12.8 Å². The van der Waals surface area contributed by atoms with Crippen LogP contribution in [0.3, 0.4) is 0 Å². The number of carboxylic acids is 1. The molecule has 0 spiro atoms. The number of halogens is 2. The van der Waals surface area contributed by atoms with Crippen LogP contribution in [0.1, 0.15) is 42.5 Å². The van der Waals surface area contributed by atoms with Gasteiger partial charge in [0.15, 0.2) is 0 Å². The van der Waals surface area contributed by atoms with Crippen LogP contribution in [0.15, 0.2) is 22.7 Å². The summed E-state index contributed by atoms with van der Waals surface area (Å²) in [4.78, 5) is 25.8. The molecular weight excluding hydrogens is 353 g/mol. The van der Waals surface area contributed by atoms with Crippen LogP contribution in [0.25, 0.3) is 0 Å². The van der Waals surface area contributed by atoms with E-state index in [-0.39, 0.29) is 27.9 Å². The molecule has 22 heavy (non-hydrogen) atoms. The van der Waals surface area contributed by atoms with Gasteiger partial charge in [-0.2, -0.15) is 0 Å². The number of aliphatic carboxylic acids is 1. The topological polar surface area (TPSA) is 57.6 Å². The minimum atomic E-state index is -0.972. The fourth-order valence-corrected chi connectivity index (χ4v) is 4.00. The van der Waals surface area contributed by atoms with Gasteiger partial charge in [0.25, 0.3) is 5.91 Å². The Morgan fingerprint density at radius 1 is 1.27 bits per heavy atom. The molecule has 1 N–H and O–H groups in total. The zero-order chi connectivity index (χ0) is 15.9. The summed E-state index contributed by atoms with van der Waals surface area (Å²) in [5.41, 5.74) is 0.207. The van der Waals surface area contributed by atoms with Gasteiger partial charge in [-0.25, -0.2) is 9.18 Å². The molecule has 3 rings (SSSR count). The number of fused-ring (bicyclic) bond motifs is 1. The highest BCUT2D eigenvalue weighted by Crippen LogP contribution is 2.40. The third-order valence-electron chi connectivity index (χ3n) is 4.77. The first-order valence-electron chi connectivity index (χ1n) is 7.49. The smallest absolute Gasteiger partial charge is 0.326 e. The van der Waals surface area contributed by atoms with E-state index in [0.29, 0.717) is 6.42 Å². The second kappa shape index (κ2) is 5.99. The van der Waals surface area contributed by atoms with Crippen molar-refractivity contribution in [2.24, 2.45) is 5.92 Å². The van der Waals surface area contributed by atoms with Gasteiger partial charge in [0.05, 0.1) is 4.47 Å².